The second kappa shape index (κ2) is 5.41. The van der Waals surface area contributed by atoms with Gasteiger partial charge in [-0.2, -0.15) is 0 Å². The summed E-state index contributed by atoms with van der Waals surface area (Å²) in [4.78, 5) is 14.9. The van der Waals surface area contributed by atoms with E-state index < -0.39 is 0 Å². The number of nitrogens with two attached hydrogens (primary N) is 1. The van der Waals surface area contributed by atoms with Crippen molar-refractivity contribution >= 4 is 5.91 Å². The molecule has 3 aliphatic rings. The number of amides is 1. The van der Waals surface area contributed by atoms with Crippen molar-refractivity contribution in [3.63, 3.8) is 0 Å². The van der Waals surface area contributed by atoms with E-state index in [0.29, 0.717) is 18.1 Å². The second-order valence-corrected chi connectivity index (χ2v) is 6.78. The molecule has 1 aliphatic carbocycles. The number of nitrogens with one attached hydrogen (secondary N) is 1. The second-order valence-electron chi connectivity index (χ2n) is 6.78. The zero-order valence-electron chi connectivity index (χ0n) is 12.0. The van der Waals surface area contributed by atoms with Crippen LogP contribution in [0.25, 0.3) is 0 Å². The monoisotopic (exact) mass is 265 g/mol. The van der Waals surface area contributed by atoms with Gasteiger partial charge in [0.2, 0.25) is 5.91 Å². The van der Waals surface area contributed by atoms with E-state index in [1.54, 1.807) is 0 Å². The standard InChI is InChI=1S/C15H27N3O/c1-18-11-4-2-5-12(18)9-10(8-11)17-15(19)13-6-3-7-14(13)16/h10-14H,2-9,16H2,1H3,(H,17,19). The first kappa shape index (κ1) is 13.4. The van der Waals surface area contributed by atoms with Crippen LogP contribution in [-0.4, -0.2) is 42.0 Å². The van der Waals surface area contributed by atoms with Crippen LogP contribution in [0.2, 0.25) is 0 Å². The Kier molecular flexibility index (Phi) is 3.81. The Morgan fingerprint density at radius 2 is 1.74 bits per heavy atom. The van der Waals surface area contributed by atoms with E-state index >= 15 is 0 Å². The highest BCUT2D eigenvalue weighted by atomic mass is 16.2. The molecule has 1 saturated carbocycles. The SMILES string of the molecule is CN1C2CCCC1CC(NC(=O)C1CCCC1N)C2. The highest BCUT2D eigenvalue weighted by Gasteiger charge is 2.38. The quantitative estimate of drug-likeness (QED) is 0.790. The fraction of sp³-hybridized carbons (Fsp3) is 0.933. The van der Waals surface area contributed by atoms with Gasteiger partial charge in [0.05, 0.1) is 5.92 Å². The first-order chi connectivity index (χ1) is 9.15. The predicted molar refractivity (Wildman–Crippen MR) is 75.7 cm³/mol. The highest BCUT2D eigenvalue weighted by Crippen LogP contribution is 2.33. The Bertz CT molecular complexity index is 332. The van der Waals surface area contributed by atoms with Crippen LogP contribution in [0.3, 0.4) is 0 Å². The molecule has 3 rings (SSSR count). The predicted octanol–water partition coefficient (Wildman–Crippen LogP) is 1.25. The summed E-state index contributed by atoms with van der Waals surface area (Å²) in [5.74, 6) is 0.289. The number of carbonyl (C=O) groups is 1. The maximum Gasteiger partial charge on any atom is 0.224 e. The first-order valence-electron chi connectivity index (χ1n) is 7.93. The van der Waals surface area contributed by atoms with E-state index in [0.717, 1.165) is 32.1 Å². The van der Waals surface area contributed by atoms with E-state index in [2.05, 4.69) is 17.3 Å². The fourth-order valence-electron chi connectivity index (χ4n) is 4.36. The van der Waals surface area contributed by atoms with Gasteiger partial charge < -0.3 is 16.0 Å². The van der Waals surface area contributed by atoms with E-state index in [9.17, 15) is 4.79 Å². The van der Waals surface area contributed by atoms with Gasteiger partial charge in [-0.3, -0.25) is 4.79 Å². The lowest BCUT2D eigenvalue weighted by atomic mass is 9.82. The van der Waals surface area contributed by atoms with Crippen LogP contribution >= 0.6 is 0 Å². The number of fused-ring (bicyclic) bond motifs is 2. The third-order valence-electron chi connectivity index (χ3n) is 5.59. The van der Waals surface area contributed by atoms with Crippen molar-refractivity contribution in [1.29, 1.82) is 0 Å². The molecule has 2 saturated heterocycles. The van der Waals surface area contributed by atoms with Gasteiger partial charge in [-0.25, -0.2) is 0 Å². The molecule has 3 fully saturated rings. The molecular formula is C15H27N3O. The van der Waals surface area contributed by atoms with Gasteiger partial charge in [-0.05, 0) is 45.6 Å². The summed E-state index contributed by atoms with van der Waals surface area (Å²) in [7, 11) is 2.25. The molecule has 0 aromatic carbocycles. The lowest BCUT2D eigenvalue weighted by Gasteiger charge is -2.47. The minimum absolute atomic E-state index is 0.0690. The smallest absolute Gasteiger partial charge is 0.224 e. The van der Waals surface area contributed by atoms with Crippen molar-refractivity contribution in [1.82, 2.24) is 10.2 Å². The number of nitrogens with zero attached hydrogens (tertiary/aromatic N) is 1. The average Bonchev–Trinajstić information content (AvgIpc) is 2.77. The van der Waals surface area contributed by atoms with Gasteiger partial charge in [0.1, 0.15) is 0 Å². The Morgan fingerprint density at radius 1 is 1.11 bits per heavy atom. The fourth-order valence-corrected chi connectivity index (χ4v) is 4.36. The molecule has 2 heterocycles. The molecule has 108 valence electrons. The minimum Gasteiger partial charge on any atom is -0.353 e. The van der Waals surface area contributed by atoms with Crippen molar-refractivity contribution in [2.24, 2.45) is 11.7 Å². The summed E-state index contributed by atoms with van der Waals surface area (Å²) in [5.41, 5.74) is 6.03. The van der Waals surface area contributed by atoms with E-state index in [1.807, 2.05) is 0 Å². The van der Waals surface area contributed by atoms with Crippen molar-refractivity contribution < 1.29 is 4.79 Å². The van der Waals surface area contributed by atoms with Gasteiger partial charge in [-0.15, -0.1) is 0 Å². The molecule has 0 aromatic heterocycles. The van der Waals surface area contributed by atoms with Gasteiger partial charge >= 0.3 is 0 Å². The molecular weight excluding hydrogens is 238 g/mol. The van der Waals surface area contributed by atoms with Crippen LogP contribution in [0.15, 0.2) is 0 Å². The van der Waals surface area contributed by atoms with Crippen molar-refractivity contribution in [2.75, 3.05) is 7.05 Å². The Balaban J connectivity index is 1.57. The van der Waals surface area contributed by atoms with Crippen LogP contribution in [-0.2, 0) is 4.79 Å². The van der Waals surface area contributed by atoms with E-state index in [4.69, 9.17) is 5.73 Å². The Labute approximate surface area is 116 Å². The van der Waals surface area contributed by atoms with Gasteiger partial charge in [0.25, 0.3) is 0 Å². The third kappa shape index (κ3) is 2.65. The summed E-state index contributed by atoms with van der Waals surface area (Å²) in [6, 6.07) is 1.82. The zero-order valence-corrected chi connectivity index (χ0v) is 12.0. The maximum absolute atomic E-state index is 12.3. The summed E-state index contributed by atoms with van der Waals surface area (Å²) in [6.07, 6.45) is 9.29. The normalized spacial score (nSPS) is 43.2. The van der Waals surface area contributed by atoms with E-state index in [1.165, 1.54) is 19.3 Å². The number of carbonyl (C=O) groups excluding carboxylic acids is 1. The number of hydrogen-bond acceptors (Lipinski definition) is 3. The van der Waals surface area contributed by atoms with Gasteiger partial charge in [-0.1, -0.05) is 12.8 Å². The van der Waals surface area contributed by atoms with Crippen LogP contribution in [0.5, 0.6) is 0 Å². The van der Waals surface area contributed by atoms with Crippen molar-refractivity contribution in [3.8, 4) is 0 Å². The zero-order chi connectivity index (χ0) is 13.4. The summed E-state index contributed by atoms with van der Waals surface area (Å²) in [5, 5.41) is 3.29. The average molecular weight is 265 g/mol. The lowest BCUT2D eigenvalue weighted by Crippen LogP contribution is -2.56. The molecule has 19 heavy (non-hydrogen) atoms. The van der Waals surface area contributed by atoms with Gasteiger partial charge in [0.15, 0.2) is 0 Å². The van der Waals surface area contributed by atoms with Crippen molar-refractivity contribution in [2.45, 2.75) is 75.5 Å². The molecule has 0 radical (unpaired) electrons. The highest BCUT2D eigenvalue weighted by molar-refractivity contribution is 5.80. The Hall–Kier alpha value is -0.610. The van der Waals surface area contributed by atoms with E-state index in [-0.39, 0.29) is 17.9 Å². The number of hydrogen-bond donors (Lipinski definition) is 2. The van der Waals surface area contributed by atoms with Gasteiger partial charge in [0, 0.05) is 24.2 Å². The number of rotatable bonds is 2. The number of piperidine rings is 2. The molecule has 4 atom stereocenters. The summed E-state index contributed by atoms with van der Waals surface area (Å²) >= 11 is 0. The Morgan fingerprint density at radius 3 is 2.32 bits per heavy atom. The maximum atomic E-state index is 12.3. The molecule has 4 unspecified atom stereocenters. The molecule has 4 heteroatoms. The molecule has 0 spiro atoms. The van der Waals surface area contributed by atoms with Crippen LogP contribution in [0.4, 0.5) is 0 Å². The third-order valence-corrected chi connectivity index (χ3v) is 5.59. The molecule has 4 nitrogen and oxygen atoms in total. The molecule has 2 aliphatic heterocycles. The van der Waals surface area contributed by atoms with Crippen LogP contribution in [0.1, 0.15) is 51.4 Å². The lowest BCUT2D eigenvalue weighted by molar-refractivity contribution is -0.126. The summed E-state index contributed by atoms with van der Waals surface area (Å²) < 4.78 is 0. The van der Waals surface area contributed by atoms with Crippen LogP contribution < -0.4 is 11.1 Å². The molecule has 0 aromatic rings. The minimum atomic E-state index is 0.0690. The summed E-state index contributed by atoms with van der Waals surface area (Å²) in [6.45, 7) is 0. The first-order valence-corrected chi connectivity index (χ1v) is 7.93. The molecule has 3 N–H and O–H groups in total. The largest absolute Gasteiger partial charge is 0.353 e. The van der Waals surface area contributed by atoms with Crippen LogP contribution in [0, 0.1) is 5.92 Å². The molecule has 1 amide bonds. The molecule has 2 bridgehead atoms. The topological polar surface area (TPSA) is 58.4 Å². The van der Waals surface area contributed by atoms with Crippen molar-refractivity contribution in [3.05, 3.63) is 0 Å².